The molecule has 1 aliphatic carbocycles. The van der Waals surface area contributed by atoms with Crippen LogP contribution in [0.25, 0.3) is 10.9 Å². The number of esters is 1. The van der Waals surface area contributed by atoms with Crippen molar-refractivity contribution < 1.29 is 23.8 Å². The number of nitrogens with zero attached hydrogens (tertiary/aromatic N) is 2. The molecular weight excluding hydrogens is 450 g/mol. The zero-order valence-corrected chi connectivity index (χ0v) is 19.9. The van der Waals surface area contributed by atoms with E-state index in [1.54, 1.807) is 12.1 Å². The Kier molecular flexibility index (Phi) is 7.64. The predicted octanol–water partition coefficient (Wildman–Crippen LogP) is 3.00. The maximum Gasteiger partial charge on any atom is 0.306 e. The van der Waals surface area contributed by atoms with Crippen molar-refractivity contribution in [1.29, 1.82) is 0 Å². The fourth-order valence-corrected chi connectivity index (χ4v) is 4.04. The van der Waals surface area contributed by atoms with Crippen molar-refractivity contribution in [2.45, 2.75) is 38.3 Å². The molecule has 0 spiro atoms. The SMILES string of the molecule is COc1cc2ncn(CCCC(=O)OCC(=O)NC(c3ccccc3)C3CC3)c(=O)c2cc1OC. The van der Waals surface area contributed by atoms with E-state index < -0.39 is 5.97 Å². The Morgan fingerprint density at radius 3 is 2.51 bits per heavy atom. The minimum absolute atomic E-state index is 0.0618. The molecule has 0 bridgehead atoms. The number of hydrogen-bond donors (Lipinski definition) is 1. The highest BCUT2D eigenvalue weighted by Gasteiger charge is 2.33. The molecule has 2 aromatic carbocycles. The molecule has 0 radical (unpaired) electrons. The lowest BCUT2D eigenvalue weighted by molar-refractivity contribution is -0.148. The highest BCUT2D eigenvalue weighted by Crippen LogP contribution is 2.40. The highest BCUT2D eigenvalue weighted by molar-refractivity contribution is 5.82. The van der Waals surface area contributed by atoms with Gasteiger partial charge in [-0.05, 0) is 36.8 Å². The molecule has 9 nitrogen and oxygen atoms in total. The second-order valence-corrected chi connectivity index (χ2v) is 8.52. The van der Waals surface area contributed by atoms with Crippen LogP contribution in [0.15, 0.2) is 53.6 Å². The molecule has 1 heterocycles. The maximum absolute atomic E-state index is 12.8. The summed E-state index contributed by atoms with van der Waals surface area (Å²) in [6.07, 6.45) is 4.03. The summed E-state index contributed by atoms with van der Waals surface area (Å²) in [6, 6.07) is 13.0. The standard InChI is InChI=1S/C26H29N3O6/c1-33-21-13-19-20(14-22(21)34-2)27-16-29(26(19)32)12-6-9-24(31)35-15-23(30)28-25(18-10-11-18)17-7-4-3-5-8-17/h3-5,7-8,13-14,16,18,25H,6,9-12,15H2,1-2H3,(H,28,30). The van der Waals surface area contributed by atoms with Gasteiger partial charge in [0.2, 0.25) is 0 Å². The second-order valence-electron chi connectivity index (χ2n) is 8.52. The smallest absolute Gasteiger partial charge is 0.306 e. The average Bonchev–Trinajstić information content (AvgIpc) is 3.72. The van der Waals surface area contributed by atoms with Gasteiger partial charge in [0.15, 0.2) is 18.1 Å². The first-order valence-corrected chi connectivity index (χ1v) is 11.6. The van der Waals surface area contributed by atoms with Gasteiger partial charge in [-0.25, -0.2) is 4.98 Å². The molecule has 1 N–H and O–H groups in total. The molecule has 1 amide bonds. The van der Waals surface area contributed by atoms with Crippen LogP contribution in [-0.2, 0) is 20.9 Å². The van der Waals surface area contributed by atoms with Gasteiger partial charge in [-0.3, -0.25) is 19.0 Å². The van der Waals surface area contributed by atoms with E-state index in [1.165, 1.54) is 25.1 Å². The lowest BCUT2D eigenvalue weighted by Crippen LogP contribution is -2.33. The summed E-state index contributed by atoms with van der Waals surface area (Å²) in [6.45, 7) is -0.0385. The number of aryl methyl sites for hydroxylation is 1. The topological polar surface area (TPSA) is 109 Å². The fraction of sp³-hybridized carbons (Fsp3) is 0.385. The molecule has 9 heteroatoms. The lowest BCUT2D eigenvalue weighted by atomic mass is 10.0. The first-order chi connectivity index (χ1) is 17.0. The van der Waals surface area contributed by atoms with Gasteiger partial charge in [-0.15, -0.1) is 0 Å². The van der Waals surface area contributed by atoms with Crippen molar-refractivity contribution in [3.8, 4) is 11.5 Å². The van der Waals surface area contributed by atoms with E-state index in [0.29, 0.717) is 34.7 Å². The summed E-state index contributed by atoms with van der Waals surface area (Å²) in [4.78, 5) is 41.7. The molecule has 0 aliphatic heterocycles. The zero-order valence-electron chi connectivity index (χ0n) is 19.9. The maximum atomic E-state index is 12.8. The molecule has 3 aromatic rings. The Hall–Kier alpha value is -3.88. The number of carbonyl (C=O) groups is 2. The van der Waals surface area contributed by atoms with Crippen molar-refractivity contribution in [2.24, 2.45) is 5.92 Å². The van der Waals surface area contributed by atoms with Gasteiger partial charge in [0.1, 0.15) is 0 Å². The van der Waals surface area contributed by atoms with Crippen molar-refractivity contribution in [1.82, 2.24) is 14.9 Å². The molecule has 1 aromatic heterocycles. The van der Waals surface area contributed by atoms with Crippen LogP contribution in [0.4, 0.5) is 0 Å². The molecule has 1 fully saturated rings. The lowest BCUT2D eigenvalue weighted by Gasteiger charge is -2.18. The molecule has 1 unspecified atom stereocenters. The number of nitrogens with one attached hydrogen (secondary N) is 1. The first-order valence-electron chi connectivity index (χ1n) is 11.6. The second kappa shape index (κ2) is 11.0. The summed E-state index contributed by atoms with van der Waals surface area (Å²) in [5, 5.41) is 3.38. The van der Waals surface area contributed by atoms with Crippen molar-refractivity contribution in [3.63, 3.8) is 0 Å². The van der Waals surface area contributed by atoms with E-state index in [2.05, 4.69) is 10.3 Å². The van der Waals surface area contributed by atoms with E-state index in [9.17, 15) is 14.4 Å². The van der Waals surface area contributed by atoms with E-state index in [4.69, 9.17) is 14.2 Å². The van der Waals surface area contributed by atoms with E-state index >= 15 is 0 Å². The summed E-state index contributed by atoms with van der Waals surface area (Å²) in [7, 11) is 3.01. The molecule has 1 atom stereocenters. The van der Waals surface area contributed by atoms with Gasteiger partial charge < -0.3 is 19.5 Å². The Bertz CT molecular complexity index is 1250. The number of benzene rings is 2. The quantitative estimate of drug-likeness (QED) is 0.421. The molecular formula is C26H29N3O6. The Balaban J connectivity index is 1.27. The number of fused-ring (bicyclic) bond motifs is 1. The van der Waals surface area contributed by atoms with Crippen LogP contribution >= 0.6 is 0 Å². The number of amides is 1. The van der Waals surface area contributed by atoms with Crippen LogP contribution < -0.4 is 20.3 Å². The van der Waals surface area contributed by atoms with Gasteiger partial charge in [-0.2, -0.15) is 0 Å². The molecule has 1 aliphatic rings. The summed E-state index contributed by atoms with van der Waals surface area (Å²) in [5.41, 5.74) is 1.31. The van der Waals surface area contributed by atoms with E-state index in [1.807, 2.05) is 30.3 Å². The van der Waals surface area contributed by atoms with Crippen molar-refractivity contribution in [2.75, 3.05) is 20.8 Å². The zero-order chi connectivity index (χ0) is 24.8. The Labute approximate surface area is 203 Å². The van der Waals surface area contributed by atoms with Crippen LogP contribution in [0.2, 0.25) is 0 Å². The number of carbonyl (C=O) groups excluding carboxylic acids is 2. The third kappa shape index (κ3) is 5.98. The van der Waals surface area contributed by atoms with Crippen molar-refractivity contribution >= 4 is 22.8 Å². The first kappa shape index (κ1) is 24.3. The molecule has 0 saturated heterocycles. The van der Waals surface area contributed by atoms with Crippen molar-refractivity contribution in [3.05, 3.63) is 64.7 Å². The number of methoxy groups -OCH3 is 2. The normalized spacial score (nSPS) is 13.8. The number of hydrogen-bond acceptors (Lipinski definition) is 7. The highest BCUT2D eigenvalue weighted by atomic mass is 16.5. The monoisotopic (exact) mass is 479 g/mol. The number of rotatable bonds is 11. The molecule has 35 heavy (non-hydrogen) atoms. The minimum atomic E-state index is -0.490. The van der Waals surface area contributed by atoms with Gasteiger partial charge in [-0.1, -0.05) is 30.3 Å². The molecule has 184 valence electrons. The van der Waals surface area contributed by atoms with Gasteiger partial charge in [0.25, 0.3) is 11.5 Å². The minimum Gasteiger partial charge on any atom is -0.493 e. The van der Waals surface area contributed by atoms with Crippen LogP contribution in [-0.4, -0.2) is 42.3 Å². The largest absolute Gasteiger partial charge is 0.493 e. The van der Waals surface area contributed by atoms with E-state index in [-0.39, 0.29) is 37.1 Å². The summed E-state index contributed by atoms with van der Waals surface area (Å²) in [5.74, 6) is 0.541. The summed E-state index contributed by atoms with van der Waals surface area (Å²) < 4.78 is 17.1. The number of aromatic nitrogens is 2. The van der Waals surface area contributed by atoms with Gasteiger partial charge in [0.05, 0.1) is 37.5 Å². The fourth-order valence-electron chi connectivity index (χ4n) is 4.04. The average molecular weight is 480 g/mol. The van der Waals surface area contributed by atoms with Gasteiger partial charge in [0, 0.05) is 19.0 Å². The predicted molar refractivity (Wildman–Crippen MR) is 129 cm³/mol. The Morgan fingerprint density at radius 1 is 1.11 bits per heavy atom. The third-order valence-electron chi connectivity index (χ3n) is 6.04. The van der Waals surface area contributed by atoms with Crippen LogP contribution in [0.1, 0.15) is 37.3 Å². The van der Waals surface area contributed by atoms with Crippen LogP contribution in [0, 0.1) is 5.92 Å². The van der Waals surface area contributed by atoms with Gasteiger partial charge >= 0.3 is 5.97 Å². The number of ether oxygens (including phenoxy) is 3. The third-order valence-corrected chi connectivity index (χ3v) is 6.04. The Morgan fingerprint density at radius 2 is 1.83 bits per heavy atom. The summed E-state index contributed by atoms with van der Waals surface area (Å²) >= 11 is 0. The van der Waals surface area contributed by atoms with E-state index in [0.717, 1.165) is 18.4 Å². The molecule has 4 rings (SSSR count). The van der Waals surface area contributed by atoms with Crippen LogP contribution in [0.5, 0.6) is 11.5 Å². The molecule has 1 saturated carbocycles. The van der Waals surface area contributed by atoms with Crippen LogP contribution in [0.3, 0.4) is 0 Å².